The maximum atomic E-state index is 12.6. The number of piperidine rings is 1. The van der Waals surface area contributed by atoms with Crippen molar-refractivity contribution in [1.29, 1.82) is 0 Å². The van der Waals surface area contributed by atoms with Crippen LogP contribution in [0.4, 0.5) is 0 Å². The number of halogens is 1. The van der Waals surface area contributed by atoms with E-state index < -0.39 is 0 Å². The topological polar surface area (TPSA) is 35.6 Å². The lowest BCUT2D eigenvalue weighted by atomic mass is 9.61. The van der Waals surface area contributed by atoms with Crippen molar-refractivity contribution in [3.05, 3.63) is 76.6 Å². The van der Waals surface area contributed by atoms with Crippen LogP contribution in [0, 0.1) is 23.7 Å². The van der Waals surface area contributed by atoms with Crippen molar-refractivity contribution in [2.45, 2.75) is 25.8 Å². The number of hydrogen-bond acceptors (Lipinski definition) is 3. The van der Waals surface area contributed by atoms with Crippen molar-refractivity contribution in [3.63, 3.8) is 0 Å². The van der Waals surface area contributed by atoms with Crippen LogP contribution < -0.4 is 5.32 Å². The van der Waals surface area contributed by atoms with E-state index in [-0.39, 0.29) is 5.91 Å². The Kier molecular flexibility index (Phi) is 5.77. The third-order valence-corrected chi connectivity index (χ3v) is 8.09. The molecule has 168 valence electrons. The molecule has 2 fully saturated rings. The molecule has 0 aromatic heterocycles. The molecule has 2 heterocycles. The van der Waals surface area contributed by atoms with Gasteiger partial charge in [-0.15, -0.1) is 0 Å². The van der Waals surface area contributed by atoms with Crippen LogP contribution in [0.25, 0.3) is 5.57 Å². The Bertz CT molecular complexity index is 1020. The number of nitrogens with one attached hydrogen (secondary N) is 1. The molecule has 1 N–H and O–H groups in total. The first-order valence-electron chi connectivity index (χ1n) is 11.6. The number of hydrogen-bond donors (Lipinski definition) is 1. The molecular weight excluding hydrogens is 418 g/mol. The summed E-state index contributed by atoms with van der Waals surface area (Å²) in [4.78, 5) is 17.5. The predicted octanol–water partition coefficient (Wildman–Crippen LogP) is 4.72. The molecule has 0 bridgehead atoms. The van der Waals surface area contributed by atoms with Crippen LogP contribution in [0.1, 0.15) is 25.3 Å². The van der Waals surface area contributed by atoms with Gasteiger partial charge in [0.05, 0.1) is 0 Å². The summed E-state index contributed by atoms with van der Waals surface area (Å²) in [5.41, 5.74) is 5.01. The highest BCUT2D eigenvalue weighted by molar-refractivity contribution is 6.30. The zero-order chi connectivity index (χ0) is 22.4. The van der Waals surface area contributed by atoms with E-state index in [0.717, 1.165) is 24.2 Å². The lowest BCUT2D eigenvalue weighted by Crippen LogP contribution is -2.54. The smallest absolute Gasteiger partial charge is 0.244 e. The van der Waals surface area contributed by atoms with Crippen molar-refractivity contribution in [2.75, 3.05) is 27.2 Å². The fourth-order valence-corrected chi connectivity index (χ4v) is 6.45. The number of likely N-dealkylation sites (tertiary alicyclic amines) is 1. The first kappa shape index (κ1) is 21.5. The third kappa shape index (κ3) is 3.95. The maximum absolute atomic E-state index is 12.6. The molecule has 2 aliphatic carbocycles. The van der Waals surface area contributed by atoms with Crippen LogP contribution in [0.2, 0.25) is 5.02 Å². The molecule has 4 aliphatic rings. The van der Waals surface area contributed by atoms with Gasteiger partial charge in [-0.2, -0.15) is 0 Å². The van der Waals surface area contributed by atoms with Crippen molar-refractivity contribution in [2.24, 2.45) is 23.7 Å². The molecule has 4 nitrogen and oxygen atoms in total. The minimum absolute atomic E-state index is 0.0173. The number of benzene rings is 1. The van der Waals surface area contributed by atoms with E-state index in [0.29, 0.717) is 34.7 Å². The fraction of sp³-hybridized carbons (Fsp3) is 0.444. The zero-order valence-corrected chi connectivity index (χ0v) is 19.8. The predicted molar refractivity (Wildman–Crippen MR) is 131 cm³/mol. The molecule has 1 saturated carbocycles. The van der Waals surface area contributed by atoms with Crippen LogP contribution in [-0.2, 0) is 4.79 Å². The highest BCUT2D eigenvalue weighted by Crippen LogP contribution is 2.52. The van der Waals surface area contributed by atoms with E-state index in [1.54, 1.807) is 11.6 Å². The second-order valence-electron chi connectivity index (χ2n) is 9.90. The van der Waals surface area contributed by atoms with Crippen LogP contribution in [0.5, 0.6) is 0 Å². The van der Waals surface area contributed by atoms with Crippen molar-refractivity contribution >= 4 is 23.1 Å². The summed E-state index contributed by atoms with van der Waals surface area (Å²) in [5.74, 6) is 2.21. The molecule has 1 saturated heterocycles. The second-order valence-corrected chi connectivity index (χ2v) is 10.3. The molecule has 1 amide bonds. The van der Waals surface area contributed by atoms with Crippen molar-refractivity contribution < 1.29 is 4.79 Å². The molecule has 1 aromatic carbocycles. The number of nitrogens with zero attached hydrogens (tertiary/aromatic N) is 2. The molecule has 1 aromatic rings. The molecule has 5 atom stereocenters. The first-order valence-corrected chi connectivity index (χ1v) is 12.0. The molecule has 5 heteroatoms. The Morgan fingerprint density at radius 2 is 2.03 bits per heavy atom. The molecule has 0 spiro atoms. The van der Waals surface area contributed by atoms with E-state index in [1.807, 2.05) is 31.2 Å². The van der Waals surface area contributed by atoms with Crippen LogP contribution in [0.3, 0.4) is 0 Å². The van der Waals surface area contributed by atoms with E-state index in [9.17, 15) is 4.79 Å². The van der Waals surface area contributed by atoms with E-state index >= 15 is 0 Å². The summed E-state index contributed by atoms with van der Waals surface area (Å²) >= 11 is 5.97. The van der Waals surface area contributed by atoms with Gasteiger partial charge in [-0.05, 0) is 79.5 Å². The van der Waals surface area contributed by atoms with Crippen LogP contribution in [0.15, 0.2) is 66.0 Å². The Balaban J connectivity index is 1.23. The SMILES string of the molecule is C/C(=C\C(=O)NC[C@@H]1C[C@@H]2C3C=CC=C4C3C(=CN4C)C[C@H]2N(C)C1)c1ccc(Cl)cc1. The molecule has 32 heavy (non-hydrogen) atoms. The standard InChI is InChI=1S/C27H32ClN3O/c1-17(19-7-9-21(28)10-8-19)11-26(32)29-14-18-12-23-22-5-4-6-24-27(22)20(16-31(24)3)13-25(23)30(2)15-18/h4-11,16,18,22-23,25,27H,12-15H2,1-3H3,(H,29,32)/b17-11+/t18-,22?,23+,25+,27?/m0/s1. The van der Waals surface area contributed by atoms with Gasteiger partial charge in [-0.3, -0.25) is 4.79 Å². The summed E-state index contributed by atoms with van der Waals surface area (Å²) in [6, 6.07) is 8.20. The van der Waals surface area contributed by atoms with Gasteiger partial charge in [0.25, 0.3) is 0 Å². The van der Waals surface area contributed by atoms with Gasteiger partial charge in [0.1, 0.15) is 0 Å². The van der Waals surface area contributed by atoms with Gasteiger partial charge in [0, 0.05) is 55.1 Å². The summed E-state index contributed by atoms with van der Waals surface area (Å²) in [5, 5.41) is 3.88. The Hall–Kier alpha value is -2.30. The maximum Gasteiger partial charge on any atom is 0.244 e. The molecule has 2 aliphatic heterocycles. The summed E-state index contributed by atoms with van der Waals surface area (Å²) in [7, 11) is 4.44. The molecule has 5 rings (SSSR count). The minimum Gasteiger partial charge on any atom is -0.354 e. The van der Waals surface area contributed by atoms with Crippen molar-refractivity contribution in [1.82, 2.24) is 15.1 Å². The summed E-state index contributed by atoms with van der Waals surface area (Å²) in [6.45, 7) is 3.73. The largest absolute Gasteiger partial charge is 0.354 e. The third-order valence-electron chi connectivity index (χ3n) is 7.83. The highest BCUT2D eigenvalue weighted by Gasteiger charge is 2.49. The first-order chi connectivity index (χ1) is 15.4. The van der Waals surface area contributed by atoms with Gasteiger partial charge in [0.15, 0.2) is 0 Å². The second kappa shape index (κ2) is 8.57. The van der Waals surface area contributed by atoms with E-state index in [2.05, 4.69) is 53.6 Å². The summed E-state index contributed by atoms with van der Waals surface area (Å²) in [6.07, 6.45) is 13.4. The average molecular weight is 450 g/mol. The number of carbonyl (C=O) groups excluding carboxylic acids is 1. The van der Waals surface area contributed by atoms with Crippen LogP contribution >= 0.6 is 11.6 Å². The monoisotopic (exact) mass is 449 g/mol. The lowest BCUT2D eigenvalue weighted by molar-refractivity contribution is -0.116. The Morgan fingerprint density at radius 1 is 1.25 bits per heavy atom. The van der Waals surface area contributed by atoms with Crippen molar-refractivity contribution in [3.8, 4) is 0 Å². The van der Waals surface area contributed by atoms with E-state index in [4.69, 9.17) is 11.6 Å². The zero-order valence-electron chi connectivity index (χ0n) is 19.1. The van der Waals surface area contributed by atoms with E-state index in [1.165, 1.54) is 18.5 Å². The van der Waals surface area contributed by atoms with Gasteiger partial charge >= 0.3 is 0 Å². The fourth-order valence-electron chi connectivity index (χ4n) is 6.33. The molecule has 0 radical (unpaired) electrons. The lowest BCUT2D eigenvalue weighted by Gasteiger charge is -2.51. The van der Waals surface area contributed by atoms with Gasteiger partial charge < -0.3 is 15.1 Å². The minimum atomic E-state index is -0.0173. The number of fused-ring (bicyclic) bond motifs is 2. The normalized spacial score (nSPS) is 31.6. The van der Waals surface area contributed by atoms with Crippen LogP contribution in [-0.4, -0.2) is 48.9 Å². The Morgan fingerprint density at radius 3 is 2.81 bits per heavy atom. The highest BCUT2D eigenvalue weighted by atomic mass is 35.5. The average Bonchev–Trinajstić information content (AvgIpc) is 3.10. The number of carbonyl (C=O) groups is 1. The summed E-state index contributed by atoms with van der Waals surface area (Å²) < 4.78 is 0. The Labute approximate surface area is 196 Å². The number of allylic oxidation sites excluding steroid dienone is 5. The van der Waals surface area contributed by atoms with Gasteiger partial charge in [-0.1, -0.05) is 35.9 Å². The van der Waals surface area contributed by atoms with Gasteiger partial charge in [0.2, 0.25) is 5.91 Å². The quantitative estimate of drug-likeness (QED) is 0.676. The molecule has 2 unspecified atom stereocenters. The number of amides is 1. The van der Waals surface area contributed by atoms with Gasteiger partial charge in [-0.25, -0.2) is 0 Å². The number of rotatable bonds is 4. The molecular formula is C27H32ClN3O.